The van der Waals surface area contributed by atoms with Gasteiger partial charge in [0, 0.05) is 73.4 Å². The van der Waals surface area contributed by atoms with Crippen LogP contribution in [0.15, 0.2) is 231 Å². The average Bonchev–Trinajstić information content (AvgIpc) is 3.74. The maximum atomic E-state index is 6.90. The van der Waals surface area contributed by atoms with Crippen LogP contribution in [0.1, 0.15) is 67.5 Å². The second kappa shape index (κ2) is 16.1. The van der Waals surface area contributed by atoms with Crippen molar-refractivity contribution in [2.75, 3.05) is 9.80 Å². The van der Waals surface area contributed by atoms with E-state index < -0.39 is 0 Å². The van der Waals surface area contributed by atoms with E-state index in [0.717, 1.165) is 79.4 Å². The summed E-state index contributed by atoms with van der Waals surface area (Å²) in [6.07, 6.45) is 9.21. The highest BCUT2D eigenvalue weighted by molar-refractivity contribution is 6.11. The molecule has 332 valence electrons. The van der Waals surface area contributed by atoms with Crippen molar-refractivity contribution < 1.29 is 9.47 Å². The smallest absolute Gasteiger partial charge is 0.136 e. The molecule has 4 aliphatic rings. The van der Waals surface area contributed by atoms with Gasteiger partial charge in [0.2, 0.25) is 0 Å². The molecule has 1 atom stereocenters. The molecular formula is C64H54N2O2. The van der Waals surface area contributed by atoms with Gasteiger partial charge >= 0.3 is 0 Å². The van der Waals surface area contributed by atoms with E-state index in [1.165, 1.54) is 39.0 Å². The number of fused-ring (bicyclic) bond motifs is 4. The van der Waals surface area contributed by atoms with Crippen LogP contribution in [0.4, 0.5) is 17.1 Å². The van der Waals surface area contributed by atoms with Gasteiger partial charge in [-0.1, -0.05) is 163 Å². The number of rotatable bonds is 11. The van der Waals surface area contributed by atoms with Crippen molar-refractivity contribution in [3.05, 3.63) is 265 Å². The molecule has 11 rings (SSSR count). The Morgan fingerprint density at radius 2 is 1.06 bits per heavy atom. The van der Waals surface area contributed by atoms with Crippen LogP contribution >= 0.6 is 0 Å². The van der Waals surface area contributed by atoms with Crippen LogP contribution in [0, 0.1) is 0 Å². The predicted molar refractivity (Wildman–Crippen MR) is 285 cm³/mol. The zero-order valence-corrected chi connectivity index (χ0v) is 39.3. The quantitative estimate of drug-likeness (QED) is 0.121. The molecule has 0 N–H and O–H groups in total. The van der Waals surface area contributed by atoms with Gasteiger partial charge in [-0.3, -0.25) is 0 Å². The van der Waals surface area contributed by atoms with E-state index in [4.69, 9.17) is 16.1 Å². The molecule has 4 heteroatoms. The second-order valence-electron chi connectivity index (χ2n) is 19.3. The Morgan fingerprint density at radius 1 is 0.544 bits per heavy atom. The summed E-state index contributed by atoms with van der Waals surface area (Å²) in [6, 6.07) is 52.9. The van der Waals surface area contributed by atoms with Crippen molar-refractivity contribution in [2.24, 2.45) is 0 Å². The van der Waals surface area contributed by atoms with E-state index in [-0.39, 0.29) is 16.9 Å². The molecule has 7 aromatic rings. The third-order valence-electron chi connectivity index (χ3n) is 14.6. The number of nitrogens with zero attached hydrogens (tertiary/aromatic N) is 2. The first kappa shape index (κ1) is 42.5. The maximum absolute atomic E-state index is 6.90. The molecule has 0 bridgehead atoms. The molecule has 7 aromatic carbocycles. The van der Waals surface area contributed by atoms with Gasteiger partial charge in [-0.05, 0) is 112 Å². The monoisotopic (exact) mass is 882 g/mol. The highest BCUT2D eigenvalue weighted by Gasteiger charge is 2.38. The summed E-state index contributed by atoms with van der Waals surface area (Å²) in [5, 5.41) is 1.89. The van der Waals surface area contributed by atoms with Crippen molar-refractivity contribution >= 4 is 45.1 Å². The van der Waals surface area contributed by atoms with Gasteiger partial charge in [0.25, 0.3) is 0 Å². The van der Waals surface area contributed by atoms with Crippen molar-refractivity contribution in [3.63, 3.8) is 0 Å². The fourth-order valence-electron chi connectivity index (χ4n) is 11.0. The molecule has 1 unspecified atom stereocenters. The topological polar surface area (TPSA) is 24.9 Å². The molecule has 0 radical (unpaired) electrons. The number of benzene rings is 7. The normalized spacial score (nSPS) is 17.1. The van der Waals surface area contributed by atoms with Crippen molar-refractivity contribution in [2.45, 2.75) is 51.0 Å². The van der Waals surface area contributed by atoms with Crippen LogP contribution in [0.25, 0.3) is 39.1 Å². The van der Waals surface area contributed by atoms with Gasteiger partial charge in [-0.2, -0.15) is 0 Å². The fourth-order valence-corrected chi connectivity index (χ4v) is 11.0. The Bertz CT molecular complexity index is 3380. The van der Waals surface area contributed by atoms with E-state index in [1.807, 2.05) is 60.7 Å². The Hall–Kier alpha value is -8.08. The lowest BCUT2D eigenvalue weighted by Crippen LogP contribution is -2.35. The fraction of sp³-hybridized carbons (Fsp3) is 0.125. The lowest BCUT2D eigenvalue weighted by molar-refractivity contribution is 0.442. The van der Waals surface area contributed by atoms with Crippen LogP contribution in [-0.2, 0) is 10.8 Å². The molecular weight excluding hydrogens is 829 g/mol. The summed E-state index contributed by atoms with van der Waals surface area (Å²) in [7, 11) is 0. The lowest BCUT2D eigenvalue weighted by Gasteiger charge is -2.36. The Balaban J connectivity index is 0.943. The summed E-state index contributed by atoms with van der Waals surface area (Å²) in [5.74, 6) is 2.71. The first-order valence-electron chi connectivity index (χ1n) is 23.4. The number of hydrogen-bond donors (Lipinski definition) is 0. The first-order valence-corrected chi connectivity index (χ1v) is 23.4. The molecule has 2 heterocycles. The molecule has 68 heavy (non-hydrogen) atoms. The second-order valence-corrected chi connectivity index (χ2v) is 19.3. The maximum Gasteiger partial charge on any atom is 0.136 e. The zero-order chi connectivity index (χ0) is 47.1. The van der Waals surface area contributed by atoms with E-state index in [2.05, 4.69) is 179 Å². The molecule has 0 spiro atoms. The summed E-state index contributed by atoms with van der Waals surface area (Å²) < 4.78 is 13.6. The van der Waals surface area contributed by atoms with Crippen LogP contribution < -0.4 is 19.3 Å². The highest BCUT2D eigenvalue weighted by Crippen LogP contribution is 2.53. The van der Waals surface area contributed by atoms with E-state index in [0.29, 0.717) is 11.5 Å². The van der Waals surface area contributed by atoms with E-state index in [9.17, 15) is 0 Å². The summed E-state index contributed by atoms with van der Waals surface area (Å²) >= 11 is 0. The van der Waals surface area contributed by atoms with E-state index >= 15 is 0 Å². The minimum atomic E-state index is -0.178. The molecule has 0 fully saturated rings. The molecule has 0 saturated heterocycles. The Morgan fingerprint density at radius 3 is 1.65 bits per heavy atom. The lowest BCUT2D eigenvalue weighted by atomic mass is 9.78. The van der Waals surface area contributed by atoms with Crippen LogP contribution in [0.5, 0.6) is 11.5 Å². The summed E-state index contributed by atoms with van der Waals surface area (Å²) in [5.41, 5.74) is 16.9. The summed E-state index contributed by atoms with van der Waals surface area (Å²) in [6.45, 7) is 32.3. The number of allylic oxidation sites excluding steroid dienone is 4. The number of hydrogen-bond acceptors (Lipinski definition) is 4. The Labute approximate surface area is 400 Å². The van der Waals surface area contributed by atoms with Crippen molar-refractivity contribution in [1.29, 1.82) is 0 Å². The third-order valence-corrected chi connectivity index (χ3v) is 14.6. The molecule has 0 saturated carbocycles. The summed E-state index contributed by atoms with van der Waals surface area (Å²) in [4.78, 5) is 4.45. The van der Waals surface area contributed by atoms with E-state index in [1.54, 1.807) is 0 Å². The average molecular weight is 883 g/mol. The molecule has 0 aromatic heterocycles. The van der Waals surface area contributed by atoms with Crippen molar-refractivity contribution in [3.8, 4) is 22.6 Å². The molecule has 2 aliphatic heterocycles. The Kier molecular flexibility index (Phi) is 10.1. The highest BCUT2D eigenvalue weighted by atomic mass is 16.5. The third kappa shape index (κ3) is 6.74. The molecule has 4 nitrogen and oxygen atoms in total. The molecule has 2 aliphatic carbocycles. The van der Waals surface area contributed by atoms with Gasteiger partial charge < -0.3 is 19.3 Å². The number of ether oxygens (including phenoxy) is 2. The largest absolute Gasteiger partial charge is 0.456 e. The number of para-hydroxylation sites is 2. The van der Waals surface area contributed by atoms with Crippen LogP contribution in [0.2, 0.25) is 0 Å². The van der Waals surface area contributed by atoms with Crippen LogP contribution in [-0.4, -0.2) is 6.04 Å². The predicted octanol–water partition coefficient (Wildman–Crippen LogP) is 16.4. The minimum absolute atomic E-state index is 0.131. The molecule has 0 amide bonds. The van der Waals surface area contributed by atoms with Crippen molar-refractivity contribution in [1.82, 2.24) is 0 Å². The minimum Gasteiger partial charge on any atom is -0.456 e. The van der Waals surface area contributed by atoms with Gasteiger partial charge in [-0.25, -0.2) is 0 Å². The van der Waals surface area contributed by atoms with Gasteiger partial charge in [0.15, 0.2) is 0 Å². The first-order chi connectivity index (χ1) is 32.8. The number of anilines is 3. The SMILES string of the molecule is C=CC(CC1=Cc2ccccc2C1(C)C)N(C(=C)C=C1Oc2ccc3c4c(ccc(c24)C1=C)OC(=CC(=C)N(c1ccccc1)c1ccccc1)C3=C)c1ccc2c(c1)C(C)(C)c1ccccc1-2. The zero-order valence-electron chi connectivity index (χ0n) is 39.3. The van der Waals surface area contributed by atoms with Gasteiger partial charge in [0.1, 0.15) is 23.0 Å². The van der Waals surface area contributed by atoms with Crippen LogP contribution in [0.3, 0.4) is 0 Å². The van der Waals surface area contributed by atoms with Gasteiger partial charge in [0.05, 0.1) is 6.04 Å². The standard InChI is InChI=1S/C64H54N2O2/c1-10-46(38-45-37-44-21-17-19-27-54(44)63(45,6)7)65(49-29-30-53-52-26-18-20-28-55(52)64(8,9)56(53)39-49)40(2)35-59-42(4)50-31-34-58-62-51(32-33-57(67-59)61(50)62)43(5)60(68-58)36-41(3)66(47-22-13-11-14-23-47)48-24-15-12-16-25-48/h10-37,39,46H,1-5,38H2,6-9H3. The van der Waals surface area contributed by atoms with Gasteiger partial charge in [-0.15, -0.1) is 6.58 Å².